The summed E-state index contributed by atoms with van der Waals surface area (Å²) in [6.45, 7) is 7.38. The molecular formula is C15H28N2O3S. The van der Waals surface area contributed by atoms with E-state index < -0.39 is 12.0 Å². The Balaban J connectivity index is 2.67. The Kier molecular flexibility index (Phi) is 6.84. The Morgan fingerprint density at radius 1 is 1.38 bits per heavy atom. The lowest BCUT2D eigenvalue weighted by Gasteiger charge is -2.37. The minimum atomic E-state index is -0.904. The highest BCUT2D eigenvalue weighted by Crippen LogP contribution is 2.30. The number of likely N-dealkylation sites (tertiary alicyclic amines) is 1. The lowest BCUT2D eigenvalue weighted by atomic mass is 9.92. The molecule has 1 aliphatic rings. The van der Waals surface area contributed by atoms with Crippen LogP contribution in [0, 0.1) is 5.92 Å². The molecule has 0 bridgehead atoms. The van der Waals surface area contributed by atoms with Crippen LogP contribution in [-0.2, 0) is 4.79 Å². The molecule has 21 heavy (non-hydrogen) atoms. The monoisotopic (exact) mass is 316 g/mol. The highest BCUT2D eigenvalue weighted by Gasteiger charge is 2.35. The van der Waals surface area contributed by atoms with Gasteiger partial charge in [-0.15, -0.1) is 0 Å². The van der Waals surface area contributed by atoms with Crippen molar-refractivity contribution in [3.63, 3.8) is 0 Å². The van der Waals surface area contributed by atoms with Crippen LogP contribution in [0.2, 0.25) is 0 Å². The van der Waals surface area contributed by atoms with Gasteiger partial charge in [-0.3, -0.25) is 0 Å². The van der Waals surface area contributed by atoms with Crippen LogP contribution < -0.4 is 5.32 Å². The predicted octanol–water partition coefficient (Wildman–Crippen LogP) is 2.80. The standard InChI is InChI=1S/C15H28N2O3S/c1-5-15(6-2,21-4)10-16-14(20)17-8-7-11(3)9-12(17)13(18)19/h11-12H,5-10H2,1-4H3,(H,16,20)(H,18,19). The van der Waals surface area contributed by atoms with Crippen LogP contribution in [0.15, 0.2) is 0 Å². The molecule has 122 valence electrons. The average Bonchev–Trinajstić information content (AvgIpc) is 2.48. The van der Waals surface area contributed by atoms with Gasteiger partial charge in [0.1, 0.15) is 6.04 Å². The second-order valence-electron chi connectivity index (χ2n) is 5.93. The maximum atomic E-state index is 12.4. The second kappa shape index (κ2) is 7.92. The first-order chi connectivity index (χ1) is 9.89. The molecule has 0 saturated carbocycles. The first-order valence-electron chi connectivity index (χ1n) is 7.71. The summed E-state index contributed by atoms with van der Waals surface area (Å²) in [5.41, 5.74) is 0. The van der Waals surface area contributed by atoms with Gasteiger partial charge in [-0.2, -0.15) is 11.8 Å². The molecule has 2 amide bonds. The summed E-state index contributed by atoms with van der Waals surface area (Å²) in [6, 6.07) is -0.935. The van der Waals surface area contributed by atoms with Gasteiger partial charge >= 0.3 is 12.0 Å². The molecule has 2 unspecified atom stereocenters. The molecule has 2 N–H and O–H groups in total. The van der Waals surface area contributed by atoms with Crippen LogP contribution in [-0.4, -0.2) is 52.1 Å². The number of piperidine rings is 1. The van der Waals surface area contributed by atoms with Crippen molar-refractivity contribution in [3.05, 3.63) is 0 Å². The number of nitrogens with zero attached hydrogens (tertiary/aromatic N) is 1. The van der Waals surface area contributed by atoms with Crippen LogP contribution in [0.5, 0.6) is 0 Å². The van der Waals surface area contributed by atoms with Crippen molar-refractivity contribution in [2.75, 3.05) is 19.3 Å². The molecule has 2 atom stereocenters. The van der Waals surface area contributed by atoms with E-state index in [0.29, 0.717) is 25.4 Å². The SMILES string of the molecule is CCC(CC)(CNC(=O)N1CCC(C)CC1C(=O)O)SC. The summed E-state index contributed by atoms with van der Waals surface area (Å²) in [7, 11) is 0. The number of carboxylic acid groups (broad SMARTS) is 1. The van der Waals surface area contributed by atoms with Gasteiger partial charge in [0.25, 0.3) is 0 Å². The summed E-state index contributed by atoms with van der Waals surface area (Å²) in [5, 5.41) is 12.3. The highest BCUT2D eigenvalue weighted by atomic mass is 32.2. The Bertz CT molecular complexity index is 364. The summed E-state index contributed by atoms with van der Waals surface area (Å²) in [6.07, 6.45) is 5.42. The number of thioether (sulfide) groups is 1. The molecule has 1 rings (SSSR count). The van der Waals surface area contributed by atoms with Crippen molar-refractivity contribution in [2.24, 2.45) is 5.92 Å². The number of aliphatic carboxylic acids is 1. The fourth-order valence-corrected chi connectivity index (χ4v) is 3.61. The van der Waals surface area contributed by atoms with E-state index in [9.17, 15) is 14.7 Å². The molecule has 0 spiro atoms. The molecule has 0 aromatic rings. The molecule has 1 saturated heterocycles. The van der Waals surface area contributed by atoms with Crippen molar-refractivity contribution < 1.29 is 14.7 Å². The topological polar surface area (TPSA) is 69.6 Å². The quantitative estimate of drug-likeness (QED) is 0.790. The van der Waals surface area contributed by atoms with Crippen LogP contribution in [0.4, 0.5) is 4.79 Å². The third-order valence-electron chi connectivity index (χ3n) is 4.69. The van der Waals surface area contributed by atoms with Gasteiger partial charge in [-0.25, -0.2) is 9.59 Å². The Morgan fingerprint density at radius 2 is 2.00 bits per heavy atom. The Hall–Kier alpha value is -0.910. The number of carbonyl (C=O) groups excluding carboxylic acids is 1. The molecule has 1 heterocycles. The summed E-state index contributed by atoms with van der Waals surface area (Å²) >= 11 is 1.76. The fourth-order valence-electron chi connectivity index (χ4n) is 2.82. The third kappa shape index (κ3) is 4.53. The zero-order chi connectivity index (χ0) is 16.0. The molecule has 5 nitrogen and oxygen atoms in total. The predicted molar refractivity (Wildman–Crippen MR) is 86.8 cm³/mol. The highest BCUT2D eigenvalue weighted by molar-refractivity contribution is 8.00. The maximum absolute atomic E-state index is 12.4. The van der Waals surface area contributed by atoms with Gasteiger partial charge in [0, 0.05) is 17.8 Å². The Labute approximate surface area is 131 Å². The number of rotatable bonds is 6. The van der Waals surface area contributed by atoms with Crippen LogP contribution >= 0.6 is 11.8 Å². The van der Waals surface area contributed by atoms with Crippen molar-refractivity contribution in [1.82, 2.24) is 10.2 Å². The molecule has 0 aromatic heterocycles. The number of amides is 2. The van der Waals surface area contributed by atoms with E-state index in [2.05, 4.69) is 25.4 Å². The minimum absolute atomic E-state index is 0.0391. The van der Waals surface area contributed by atoms with Gasteiger partial charge < -0.3 is 15.3 Å². The number of hydrogen-bond acceptors (Lipinski definition) is 3. The molecule has 0 aliphatic carbocycles. The smallest absolute Gasteiger partial charge is 0.326 e. The van der Waals surface area contributed by atoms with E-state index in [1.54, 1.807) is 11.8 Å². The van der Waals surface area contributed by atoms with Crippen LogP contribution in [0.25, 0.3) is 0 Å². The van der Waals surface area contributed by atoms with E-state index >= 15 is 0 Å². The van der Waals surface area contributed by atoms with Crippen molar-refractivity contribution in [3.8, 4) is 0 Å². The van der Waals surface area contributed by atoms with E-state index in [4.69, 9.17) is 0 Å². The van der Waals surface area contributed by atoms with Crippen molar-refractivity contribution >= 4 is 23.8 Å². The van der Waals surface area contributed by atoms with E-state index in [-0.39, 0.29) is 10.8 Å². The number of urea groups is 1. The molecule has 1 fully saturated rings. The lowest BCUT2D eigenvalue weighted by Crippen LogP contribution is -2.55. The number of carbonyl (C=O) groups is 2. The number of carboxylic acids is 1. The van der Waals surface area contributed by atoms with Gasteiger partial charge in [0.05, 0.1) is 0 Å². The number of hydrogen-bond donors (Lipinski definition) is 2. The average molecular weight is 316 g/mol. The number of nitrogens with one attached hydrogen (secondary N) is 1. The van der Waals surface area contributed by atoms with E-state index in [1.165, 1.54) is 4.90 Å². The normalized spacial score (nSPS) is 23.0. The van der Waals surface area contributed by atoms with E-state index in [1.807, 2.05) is 6.92 Å². The molecule has 0 aromatic carbocycles. The zero-order valence-corrected chi connectivity index (χ0v) is 14.3. The molecular weight excluding hydrogens is 288 g/mol. The minimum Gasteiger partial charge on any atom is -0.480 e. The van der Waals surface area contributed by atoms with Gasteiger partial charge in [0.15, 0.2) is 0 Å². The maximum Gasteiger partial charge on any atom is 0.326 e. The van der Waals surface area contributed by atoms with E-state index in [0.717, 1.165) is 19.3 Å². The first-order valence-corrected chi connectivity index (χ1v) is 8.94. The van der Waals surface area contributed by atoms with Crippen LogP contribution in [0.1, 0.15) is 46.5 Å². The summed E-state index contributed by atoms with van der Waals surface area (Å²) < 4.78 is 0.0391. The van der Waals surface area contributed by atoms with Crippen molar-refractivity contribution in [2.45, 2.75) is 57.2 Å². The summed E-state index contributed by atoms with van der Waals surface area (Å²) in [5.74, 6) is -0.550. The van der Waals surface area contributed by atoms with Gasteiger partial charge in [-0.1, -0.05) is 20.8 Å². The molecule has 6 heteroatoms. The Morgan fingerprint density at radius 3 is 2.48 bits per heavy atom. The van der Waals surface area contributed by atoms with Crippen LogP contribution in [0.3, 0.4) is 0 Å². The first kappa shape index (κ1) is 18.1. The van der Waals surface area contributed by atoms with Gasteiger partial charge in [-0.05, 0) is 37.9 Å². The molecule has 0 radical (unpaired) electrons. The fraction of sp³-hybridized carbons (Fsp3) is 0.867. The second-order valence-corrected chi connectivity index (χ2v) is 7.20. The van der Waals surface area contributed by atoms with Crippen molar-refractivity contribution in [1.29, 1.82) is 0 Å². The zero-order valence-electron chi connectivity index (χ0n) is 13.5. The summed E-state index contributed by atoms with van der Waals surface area (Å²) in [4.78, 5) is 25.2. The largest absolute Gasteiger partial charge is 0.480 e. The van der Waals surface area contributed by atoms with Gasteiger partial charge in [0.2, 0.25) is 0 Å². The third-order valence-corrected chi connectivity index (χ3v) is 6.28. The lowest BCUT2D eigenvalue weighted by molar-refractivity contribution is -0.143. The molecule has 1 aliphatic heterocycles.